The van der Waals surface area contributed by atoms with Crippen molar-refractivity contribution in [2.24, 2.45) is 0 Å². The summed E-state index contributed by atoms with van der Waals surface area (Å²) in [4.78, 5) is 37.0. The molecule has 0 aliphatic rings. The molecule has 356 valence electrons. The maximum absolute atomic E-state index is 12.7. The van der Waals surface area contributed by atoms with Crippen molar-refractivity contribution in [3.8, 4) is 0 Å². The van der Waals surface area contributed by atoms with Gasteiger partial charge in [0.25, 0.3) is 0 Å². The van der Waals surface area contributed by atoms with Crippen LogP contribution >= 0.6 is 0 Å². The molecule has 0 aromatic carbocycles. The van der Waals surface area contributed by atoms with E-state index < -0.39 is 24.1 Å². The first-order valence-corrected chi connectivity index (χ1v) is 24.4. The third-order valence-electron chi connectivity index (χ3n) is 10.2. The van der Waals surface area contributed by atoms with Gasteiger partial charge < -0.3 is 28.6 Å². The van der Waals surface area contributed by atoms with E-state index in [1.54, 1.807) is 21.1 Å². The minimum atomic E-state index is -1.14. The van der Waals surface area contributed by atoms with E-state index >= 15 is 0 Å². The largest absolute Gasteiger partial charge is 0.544 e. The standard InChI is InChI=1S/C55H89NO7/c1-6-8-10-12-14-16-18-20-22-24-26-28-29-31-33-35-37-39-41-43-45-53(57)62-50-51(49-61-48-47-52(55(59)60)56(3,4)5)63-54(58)46-44-42-40-38-36-34-32-30-27-25-23-21-19-17-15-13-11-9-7-2/h8-11,14-17,20-23,27,30,34,36,40,42,51-52H,6-7,12-13,18-19,24-26,28-29,31-33,35,37-39,41,43-50H2,1-5H3/b10-8+,11-9+,16-14+,17-15+,22-20+,23-21+,30-27+,36-34+,42-40+. The van der Waals surface area contributed by atoms with Crippen LogP contribution in [-0.2, 0) is 28.6 Å². The monoisotopic (exact) mass is 876 g/mol. The van der Waals surface area contributed by atoms with E-state index in [-0.39, 0.29) is 43.1 Å². The van der Waals surface area contributed by atoms with Crippen LogP contribution in [0.25, 0.3) is 0 Å². The molecule has 0 aromatic heterocycles. The number of allylic oxidation sites excluding steroid dienone is 18. The predicted molar refractivity (Wildman–Crippen MR) is 263 cm³/mol. The maximum Gasteiger partial charge on any atom is 0.306 e. The second-order valence-corrected chi connectivity index (χ2v) is 16.9. The number of quaternary nitrogens is 1. The predicted octanol–water partition coefficient (Wildman–Crippen LogP) is 12.7. The first-order valence-electron chi connectivity index (χ1n) is 24.4. The fourth-order valence-electron chi connectivity index (χ4n) is 6.46. The van der Waals surface area contributed by atoms with Crippen LogP contribution in [0.15, 0.2) is 109 Å². The Bertz CT molecular complexity index is 1390. The summed E-state index contributed by atoms with van der Waals surface area (Å²) < 4.78 is 17.1. The normalized spacial score (nSPS) is 13.9. The second-order valence-electron chi connectivity index (χ2n) is 16.9. The zero-order valence-corrected chi connectivity index (χ0v) is 40.4. The molecule has 0 heterocycles. The van der Waals surface area contributed by atoms with E-state index in [0.29, 0.717) is 12.8 Å². The second kappa shape index (κ2) is 44.6. The van der Waals surface area contributed by atoms with Gasteiger partial charge in [0, 0.05) is 19.3 Å². The van der Waals surface area contributed by atoms with E-state index in [4.69, 9.17) is 14.2 Å². The van der Waals surface area contributed by atoms with Gasteiger partial charge in [0.05, 0.1) is 40.3 Å². The molecule has 0 N–H and O–H groups in total. The van der Waals surface area contributed by atoms with Crippen molar-refractivity contribution in [3.05, 3.63) is 109 Å². The van der Waals surface area contributed by atoms with Crippen LogP contribution in [0.1, 0.15) is 168 Å². The number of likely N-dealkylation sites (N-methyl/N-ethyl adjacent to an activating group) is 1. The summed E-state index contributed by atoms with van der Waals surface area (Å²) in [6, 6.07) is -0.746. The zero-order chi connectivity index (χ0) is 46.3. The highest BCUT2D eigenvalue weighted by atomic mass is 16.6. The van der Waals surface area contributed by atoms with Crippen molar-refractivity contribution >= 4 is 17.9 Å². The van der Waals surface area contributed by atoms with Crippen LogP contribution in [0.3, 0.4) is 0 Å². The van der Waals surface area contributed by atoms with Gasteiger partial charge >= 0.3 is 11.9 Å². The molecule has 0 bridgehead atoms. The number of carbonyl (C=O) groups is 3. The molecule has 0 spiro atoms. The molecule has 0 radical (unpaired) electrons. The molecule has 2 unspecified atom stereocenters. The lowest BCUT2D eigenvalue weighted by molar-refractivity contribution is -0.889. The molecular weight excluding hydrogens is 787 g/mol. The summed E-state index contributed by atoms with van der Waals surface area (Å²) in [6.45, 7) is 4.34. The fraction of sp³-hybridized carbons (Fsp3) is 0.618. The molecule has 0 amide bonds. The molecule has 8 heteroatoms. The topological polar surface area (TPSA) is 102 Å². The lowest BCUT2D eigenvalue weighted by Crippen LogP contribution is -2.55. The minimum Gasteiger partial charge on any atom is -0.544 e. The van der Waals surface area contributed by atoms with Crippen molar-refractivity contribution in [3.63, 3.8) is 0 Å². The van der Waals surface area contributed by atoms with Crippen LogP contribution in [-0.4, -0.2) is 75.5 Å². The SMILES string of the molecule is CC/C=C/C/C=C/C/C=C/C/C=C/C/C=C/C/C=C/CCC(=O)OC(COCCC(C(=O)[O-])[N+](C)(C)C)COC(=O)CCCCCCCCCCCC/C=C/C/C=C/C/C=C/CC. The van der Waals surface area contributed by atoms with Gasteiger partial charge in [0.2, 0.25) is 0 Å². The van der Waals surface area contributed by atoms with Crippen LogP contribution in [0, 0.1) is 0 Å². The Morgan fingerprint density at radius 3 is 1.30 bits per heavy atom. The summed E-state index contributed by atoms with van der Waals surface area (Å²) in [6.07, 6.45) is 61.3. The molecule has 8 nitrogen and oxygen atoms in total. The Labute approximate surface area is 385 Å². The van der Waals surface area contributed by atoms with Crippen molar-refractivity contribution < 1.29 is 38.2 Å². The first-order chi connectivity index (χ1) is 30.6. The Morgan fingerprint density at radius 2 is 0.873 bits per heavy atom. The van der Waals surface area contributed by atoms with Gasteiger partial charge in [-0.3, -0.25) is 9.59 Å². The Kier molecular flexibility index (Phi) is 41.8. The molecule has 2 atom stereocenters. The maximum atomic E-state index is 12.7. The van der Waals surface area contributed by atoms with E-state index in [1.165, 1.54) is 51.4 Å². The molecule has 0 aliphatic carbocycles. The van der Waals surface area contributed by atoms with Gasteiger partial charge in [0.15, 0.2) is 6.10 Å². The number of unbranched alkanes of at least 4 members (excludes halogenated alkanes) is 10. The quantitative estimate of drug-likeness (QED) is 0.0260. The van der Waals surface area contributed by atoms with E-state index in [1.807, 2.05) is 12.2 Å². The van der Waals surface area contributed by atoms with Crippen molar-refractivity contribution in [2.45, 2.75) is 180 Å². The lowest BCUT2D eigenvalue weighted by atomic mass is 10.1. The van der Waals surface area contributed by atoms with Gasteiger partial charge in [-0.1, -0.05) is 175 Å². The average Bonchev–Trinajstić information content (AvgIpc) is 3.24. The van der Waals surface area contributed by atoms with E-state index in [9.17, 15) is 19.5 Å². The summed E-state index contributed by atoms with van der Waals surface area (Å²) >= 11 is 0. The van der Waals surface area contributed by atoms with Gasteiger partial charge in [-0.15, -0.1) is 0 Å². The van der Waals surface area contributed by atoms with Crippen molar-refractivity contribution in [1.29, 1.82) is 0 Å². The highest BCUT2D eigenvalue weighted by Gasteiger charge is 2.25. The van der Waals surface area contributed by atoms with E-state index in [2.05, 4.69) is 111 Å². The minimum absolute atomic E-state index is 0.00231. The average molecular weight is 876 g/mol. The van der Waals surface area contributed by atoms with E-state index in [0.717, 1.165) is 77.0 Å². The number of aliphatic carboxylic acids is 1. The molecule has 0 saturated carbocycles. The first kappa shape index (κ1) is 59.0. The number of ether oxygens (including phenoxy) is 3. The highest BCUT2D eigenvalue weighted by Crippen LogP contribution is 2.14. The number of carboxylic acids is 1. The molecule has 0 saturated heterocycles. The third kappa shape index (κ3) is 43.0. The van der Waals surface area contributed by atoms with Crippen LogP contribution in [0.5, 0.6) is 0 Å². The van der Waals surface area contributed by atoms with Crippen LogP contribution in [0.4, 0.5) is 0 Å². The van der Waals surface area contributed by atoms with Crippen LogP contribution < -0.4 is 5.11 Å². The van der Waals surface area contributed by atoms with Gasteiger partial charge in [-0.05, 0) is 83.5 Å². The molecule has 63 heavy (non-hydrogen) atoms. The number of rotatable bonds is 42. The summed E-state index contributed by atoms with van der Waals surface area (Å²) in [5, 5.41) is 11.7. The number of esters is 2. The van der Waals surface area contributed by atoms with Gasteiger partial charge in [-0.2, -0.15) is 0 Å². The summed E-state index contributed by atoms with van der Waals surface area (Å²) in [5.74, 6) is -1.86. The number of carbonyl (C=O) groups excluding carboxylic acids is 3. The molecule has 0 rings (SSSR count). The zero-order valence-electron chi connectivity index (χ0n) is 40.4. The Morgan fingerprint density at radius 1 is 0.476 bits per heavy atom. The smallest absolute Gasteiger partial charge is 0.306 e. The summed E-state index contributed by atoms with van der Waals surface area (Å²) in [5.41, 5.74) is 0. The summed E-state index contributed by atoms with van der Waals surface area (Å²) in [7, 11) is 5.37. The molecular formula is C55H89NO7. The van der Waals surface area contributed by atoms with Gasteiger partial charge in [0.1, 0.15) is 12.6 Å². The Balaban J connectivity index is 4.41. The number of carboxylic acid groups (broad SMARTS) is 1. The molecule has 0 aliphatic heterocycles. The number of hydrogen-bond donors (Lipinski definition) is 0. The van der Waals surface area contributed by atoms with Gasteiger partial charge in [-0.25, -0.2) is 0 Å². The lowest BCUT2D eigenvalue weighted by Gasteiger charge is -2.34. The molecule has 0 aromatic rings. The van der Waals surface area contributed by atoms with Crippen LogP contribution in [0.2, 0.25) is 0 Å². The third-order valence-corrected chi connectivity index (χ3v) is 10.2. The fourth-order valence-corrected chi connectivity index (χ4v) is 6.46. The highest BCUT2D eigenvalue weighted by molar-refractivity contribution is 5.70. The van der Waals surface area contributed by atoms with Crippen molar-refractivity contribution in [1.82, 2.24) is 0 Å². The number of hydrogen-bond acceptors (Lipinski definition) is 7. The molecule has 0 fully saturated rings. The Hall–Kier alpha value is -4.01. The van der Waals surface area contributed by atoms with Crippen molar-refractivity contribution in [2.75, 3.05) is 41.0 Å². The number of nitrogens with zero attached hydrogens (tertiary/aromatic N) is 1.